The Balaban J connectivity index is 1.59. The van der Waals surface area contributed by atoms with Crippen molar-refractivity contribution < 1.29 is 8.81 Å². The summed E-state index contributed by atoms with van der Waals surface area (Å²) in [5, 5.41) is 4.78. The molecule has 1 aliphatic rings. The molecule has 0 saturated carbocycles. The second kappa shape index (κ2) is 8.54. The molecule has 0 unspecified atom stereocenters. The second-order valence-electron chi connectivity index (χ2n) is 7.30. The zero-order chi connectivity index (χ0) is 22.2. The third kappa shape index (κ3) is 3.86. The minimum absolute atomic E-state index is 0.262. The van der Waals surface area contributed by atoms with Crippen molar-refractivity contribution in [3.05, 3.63) is 106 Å². The number of pyridine rings is 1. The van der Waals surface area contributed by atoms with Crippen molar-refractivity contribution in [1.82, 2.24) is 10.3 Å². The van der Waals surface area contributed by atoms with E-state index in [2.05, 4.69) is 10.3 Å². The van der Waals surface area contributed by atoms with Gasteiger partial charge in [0.15, 0.2) is 5.11 Å². The Morgan fingerprint density at radius 3 is 2.50 bits per heavy atom. The van der Waals surface area contributed by atoms with E-state index in [0.717, 1.165) is 16.9 Å². The number of rotatable bonds is 4. The molecule has 1 fully saturated rings. The molecule has 1 aliphatic heterocycles. The summed E-state index contributed by atoms with van der Waals surface area (Å²) >= 11 is 17.9. The Morgan fingerprint density at radius 1 is 0.969 bits per heavy atom. The van der Waals surface area contributed by atoms with Crippen LogP contribution in [0.3, 0.4) is 0 Å². The van der Waals surface area contributed by atoms with Crippen LogP contribution in [-0.4, -0.2) is 10.1 Å². The molecule has 4 aromatic rings. The average Bonchev–Trinajstić information content (AvgIpc) is 3.41. The lowest BCUT2D eigenvalue weighted by atomic mass is 10.0. The smallest absolute Gasteiger partial charge is 0.174 e. The number of hydrogen-bond acceptors (Lipinski definition) is 3. The highest BCUT2D eigenvalue weighted by atomic mass is 35.5. The number of anilines is 1. The molecule has 0 bridgehead atoms. The topological polar surface area (TPSA) is 41.3 Å². The summed E-state index contributed by atoms with van der Waals surface area (Å²) in [4.78, 5) is 6.44. The number of nitrogens with one attached hydrogen (secondary N) is 1. The van der Waals surface area contributed by atoms with Gasteiger partial charge in [0.25, 0.3) is 0 Å². The van der Waals surface area contributed by atoms with Crippen molar-refractivity contribution in [3.63, 3.8) is 0 Å². The standard InChI is InChI=1S/C24H16Cl2FN3OS/c25-17-9-4-14(13-18(17)26)20-10-11-21(31-20)23-22(19-3-1-2-12-28-19)29-24(32)30(23)16-7-5-15(27)6-8-16/h1-13,22-23H,(H,29,32)/t22-,23+/m0/s1. The fraction of sp³-hybridized carbons (Fsp3) is 0.0833. The Labute approximate surface area is 199 Å². The van der Waals surface area contributed by atoms with E-state index in [-0.39, 0.29) is 17.9 Å². The fourth-order valence-corrected chi connectivity index (χ4v) is 4.48. The van der Waals surface area contributed by atoms with Gasteiger partial charge in [0, 0.05) is 17.4 Å². The normalized spacial score (nSPS) is 18.1. The van der Waals surface area contributed by atoms with Gasteiger partial charge >= 0.3 is 0 Å². The van der Waals surface area contributed by atoms with Gasteiger partial charge in [0.05, 0.1) is 21.8 Å². The summed E-state index contributed by atoms with van der Waals surface area (Å²) in [7, 11) is 0. The zero-order valence-electron chi connectivity index (χ0n) is 16.5. The molecule has 1 saturated heterocycles. The monoisotopic (exact) mass is 483 g/mol. The second-order valence-corrected chi connectivity index (χ2v) is 8.51. The van der Waals surface area contributed by atoms with E-state index < -0.39 is 0 Å². The number of benzene rings is 2. The van der Waals surface area contributed by atoms with E-state index in [1.807, 2.05) is 41.3 Å². The van der Waals surface area contributed by atoms with Crippen LogP contribution in [0.25, 0.3) is 11.3 Å². The van der Waals surface area contributed by atoms with E-state index in [0.29, 0.717) is 26.7 Å². The molecule has 2 aromatic carbocycles. The molecule has 0 radical (unpaired) electrons. The number of aromatic nitrogens is 1. The largest absolute Gasteiger partial charge is 0.459 e. The first-order chi connectivity index (χ1) is 15.5. The third-order valence-electron chi connectivity index (χ3n) is 5.33. The Morgan fingerprint density at radius 2 is 1.78 bits per heavy atom. The summed E-state index contributed by atoms with van der Waals surface area (Å²) in [6, 6.07) is 20.5. The molecule has 2 aromatic heterocycles. The van der Waals surface area contributed by atoms with E-state index in [1.54, 1.807) is 30.5 Å². The Hall–Kier alpha value is -2.93. The SMILES string of the molecule is Fc1ccc(N2C(=S)N[C@@H](c3ccccn3)[C@H]2c2ccc(-c3ccc(Cl)c(Cl)c3)o2)cc1. The van der Waals surface area contributed by atoms with Crippen LogP contribution >= 0.6 is 35.4 Å². The first-order valence-corrected chi connectivity index (χ1v) is 11.0. The van der Waals surface area contributed by atoms with E-state index in [4.69, 9.17) is 39.8 Å². The van der Waals surface area contributed by atoms with Crippen LogP contribution in [0.15, 0.2) is 83.4 Å². The van der Waals surface area contributed by atoms with E-state index >= 15 is 0 Å². The highest BCUT2D eigenvalue weighted by Gasteiger charge is 2.42. The Kier molecular flexibility index (Phi) is 5.59. The first kappa shape index (κ1) is 20.9. The highest BCUT2D eigenvalue weighted by molar-refractivity contribution is 7.80. The highest BCUT2D eigenvalue weighted by Crippen LogP contribution is 2.43. The molecule has 0 aliphatic carbocycles. The lowest BCUT2D eigenvalue weighted by molar-refractivity contribution is 0.439. The lowest BCUT2D eigenvalue weighted by Gasteiger charge is -2.26. The molecule has 160 valence electrons. The molecule has 0 amide bonds. The van der Waals surface area contributed by atoms with Crippen LogP contribution in [0.4, 0.5) is 10.1 Å². The molecule has 2 atom stereocenters. The van der Waals surface area contributed by atoms with Gasteiger partial charge in [-0.25, -0.2) is 4.39 Å². The van der Waals surface area contributed by atoms with Gasteiger partial charge in [0.2, 0.25) is 0 Å². The number of thiocarbonyl (C=S) groups is 1. The average molecular weight is 484 g/mol. The summed E-state index contributed by atoms with van der Waals surface area (Å²) in [6.07, 6.45) is 1.74. The van der Waals surface area contributed by atoms with Gasteiger partial charge in [-0.1, -0.05) is 29.3 Å². The maximum absolute atomic E-state index is 13.6. The summed E-state index contributed by atoms with van der Waals surface area (Å²) in [5.41, 5.74) is 2.37. The summed E-state index contributed by atoms with van der Waals surface area (Å²) in [5.74, 6) is 1.01. The molecule has 5 rings (SSSR count). The van der Waals surface area contributed by atoms with Gasteiger partial charge in [-0.2, -0.15) is 0 Å². The zero-order valence-corrected chi connectivity index (χ0v) is 18.8. The number of hydrogen-bond donors (Lipinski definition) is 1. The first-order valence-electron chi connectivity index (χ1n) is 9.82. The summed E-state index contributed by atoms with van der Waals surface area (Å²) < 4.78 is 19.8. The maximum atomic E-state index is 13.6. The fourth-order valence-electron chi connectivity index (χ4n) is 3.84. The number of furan rings is 1. The quantitative estimate of drug-likeness (QED) is 0.317. The summed E-state index contributed by atoms with van der Waals surface area (Å²) in [6.45, 7) is 0. The van der Waals surface area contributed by atoms with Crippen molar-refractivity contribution in [1.29, 1.82) is 0 Å². The molecule has 8 heteroatoms. The van der Waals surface area contributed by atoms with Crippen molar-refractivity contribution in [2.45, 2.75) is 12.1 Å². The molecule has 1 N–H and O–H groups in total. The van der Waals surface area contributed by atoms with Gasteiger partial charge in [-0.15, -0.1) is 0 Å². The predicted octanol–water partition coefficient (Wildman–Crippen LogP) is 6.96. The van der Waals surface area contributed by atoms with Gasteiger partial charge in [-0.3, -0.25) is 4.98 Å². The third-order valence-corrected chi connectivity index (χ3v) is 6.38. The lowest BCUT2D eigenvalue weighted by Crippen LogP contribution is -2.29. The molecular weight excluding hydrogens is 468 g/mol. The predicted molar refractivity (Wildman–Crippen MR) is 128 cm³/mol. The van der Waals surface area contributed by atoms with Crippen LogP contribution in [0.1, 0.15) is 23.5 Å². The molecule has 4 nitrogen and oxygen atoms in total. The minimum Gasteiger partial charge on any atom is -0.459 e. The number of nitrogens with zero attached hydrogens (tertiary/aromatic N) is 2. The maximum Gasteiger partial charge on any atom is 0.174 e. The molecular formula is C24H16Cl2FN3OS. The molecule has 0 spiro atoms. The number of halogens is 3. The van der Waals surface area contributed by atoms with Crippen LogP contribution in [0.2, 0.25) is 10.0 Å². The van der Waals surface area contributed by atoms with Gasteiger partial charge < -0.3 is 14.6 Å². The van der Waals surface area contributed by atoms with Crippen LogP contribution in [0.5, 0.6) is 0 Å². The van der Waals surface area contributed by atoms with Gasteiger partial charge in [0.1, 0.15) is 23.4 Å². The van der Waals surface area contributed by atoms with Crippen LogP contribution in [0, 0.1) is 5.82 Å². The van der Waals surface area contributed by atoms with Crippen LogP contribution in [-0.2, 0) is 0 Å². The molecule has 32 heavy (non-hydrogen) atoms. The van der Waals surface area contributed by atoms with Crippen molar-refractivity contribution in [2.75, 3.05) is 4.90 Å². The van der Waals surface area contributed by atoms with Gasteiger partial charge in [-0.05, 0) is 78.9 Å². The molecule has 3 heterocycles. The van der Waals surface area contributed by atoms with Crippen molar-refractivity contribution in [3.8, 4) is 11.3 Å². The minimum atomic E-state index is -0.334. The Bertz CT molecular complexity index is 1280. The van der Waals surface area contributed by atoms with Crippen molar-refractivity contribution >= 4 is 46.2 Å². The van der Waals surface area contributed by atoms with E-state index in [1.165, 1.54) is 12.1 Å². The van der Waals surface area contributed by atoms with Crippen molar-refractivity contribution in [2.24, 2.45) is 0 Å². The van der Waals surface area contributed by atoms with E-state index in [9.17, 15) is 4.39 Å². The van der Waals surface area contributed by atoms with Crippen LogP contribution < -0.4 is 10.2 Å².